The standard InChI is InChI=1S/C14H17F3O/c15-14(16,17)9-8-13(18)12-7-2-1-6-11(12)10-4-3-5-10/h1-2,6-7,10,13,18H,3-5,8-9H2. The van der Waals surface area contributed by atoms with Crippen molar-refractivity contribution in [3.63, 3.8) is 0 Å². The quantitative estimate of drug-likeness (QED) is 0.852. The minimum Gasteiger partial charge on any atom is -0.388 e. The number of halogens is 3. The maximum atomic E-state index is 12.2. The average Bonchev–Trinajstić information content (AvgIpc) is 2.23. The van der Waals surface area contributed by atoms with E-state index in [1.807, 2.05) is 12.1 Å². The van der Waals surface area contributed by atoms with Gasteiger partial charge in [0.2, 0.25) is 0 Å². The summed E-state index contributed by atoms with van der Waals surface area (Å²) in [4.78, 5) is 0. The van der Waals surface area contributed by atoms with Gasteiger partial charge >= 0.3 is 6.18 Å². The van der Waals surface area contributed by atoms with E-state index in [1.54, 1.807) is 12.1 Å². The van der Waals surface area contributed by atoms with Crippen molar-refractivity contribution >= 4 is 0 Å². The van der Waals surface area contributed by atoms with Crippen LogP contribution in [0.3, 0.4) is 0 Å². The summed E-state index contributed by atoms with van der Waals surface area (Å²) in [7, 11) is 0. The molecule has 1 unspecified atom stereocenters. The summed E-state index contributed by atoms with van der Waals surface area (Å²) in [5.74, 6) is 0.418. The van der Waals surface area contributed by atoms with E-state index in [0.717, 1.165) is 24.8 Å². The molecule has 0 heterocycles. The molecule has 0 amide bonds. The van der Waals surface area contributed by atoms with E-state index in [2.05, 4.69) is 0 Å². The number of aliphatic hydroxyl groups is 1. The minimum atomic E-state index is -4.20. The Morgan fingerprint density at radius 1 is 1.22 bits per heavy atom. The van der Waals surface area contributed by atoms with Crippen LogP contribution in [-0.4, -0.2) is 11.3 Å². The van der Waals surface area contributed by atoms with Gasteiger partial charge in [-0.05, 0) is 36.3 Å². The van der Waals surface area contributed by atoms with Crippen LogP contribution < -0.4 is 0 Å². The fourth-order valence-corrected chi connectivity index (χ4v) is 2.36. The third-order valence-corrected chi connectivity index (χ3v) is 3.60. The van der Waals surface area contributed by atoms with Crippen LogP contribution in [0.2, 0.25) is 0 Å². The largest absolute Gasteiger partial charge is 0.389 e. The molecule has 0 radical (unpaired) electrons. The van der Waals surface area contributed by atoms with E-state index in [4.69, 9.17) is 0 Å². The van der Waals surface area contributed by atoms with Gasteiger partial charge in [0.1, 0.15) is 0 Å². The molecular weight excluding hydrogens is 241 g/mol. The zero-order chi connectivity index (χ0) is 13.2. The van der Waals surface area contributed by atoms with Crippen molar-refractivity contribution < 1.29 is 18.3 Å². The lowest BCUT2D eigenvalue weighted by Gasteiger charge is -2.29. The van der Waals surface area contributed by atoms with Gasteiger partial charge in [0.25, 0.3) is 0 Å². The van der Waals surface area contributed by atoms with Crippen LogP contribution in [-0.2, 0) is 0 Å². The van der Waals surface area contributed by atoms with Crippen molar-refractivity contribution in [3.05, 3.63) is 35.4 Å². The van der Waals surface area contributed by atoms with E-state index in [1.165, 1.54) is 0 Å². The molecule has 0 bridgehead atoms. The number of alkyl halides is 3. The van der Waals surface area contributed by atoms with Crippen LogP contribution in [0.15, 0.2) is 24.3 Å². The fourth-order valence-electron chi connectivity index (χ4n) is 2.36. The molecule has 1 aromatic rings. The van der Waals surface area contributed by atoms with Crippen molar-refractivity contribution in [1.29, 1.82) is 0 Å². The van der Waals surface area contributed by atoms with Crippen LogP contribution in [0.1, 0.15) is 55.3 Å². The van der Waals surface area contributed by atoms with Gasteiger partial charge in [-0.1, -0.05) is 30.7 Å². The van der Waals surface area contributed by atoms with Crippen molar-refractivity contribution in [3.8, 4) is 0 Å². The maximum absolute atomic E-state index is 12.2. The molecule has 0 spiro atoms. The molecule has 18 heavy (non-hydrogen) atoms. The van der Waals surface area contributed by atoms with E-state index in [-0.39, 0.29) is 6.42 Å². The fraction of sp³-hybridized carbons (Fsp3) is 0.571. The molecule has 4 heteroatoms. The highest BCUT2D eigenvalue weighted by Crippen LogP contribution is 2.40. The zero-order valence-corrected chi connectivity index (χ0v) is 10.1. The lowest BCUT2D eigenvalue weighted by molar-refractivity contribution is -0.140. The number of benzene rings is 1. The van der Waals surface area contributed by atoms with Crippen LogP contribution in [0.4, 0.5) is 13.2 Å². The Balaban J connectivity index is 2.07. The smallest absolute Gasteiger partial charge is 0.388 e. The first-order valence-electron chi connectivity index (χ1n) is 6.31. The Morgan fingerprint density at radius 2 is 1.89 bits per heavy atom. The zero-order valence-electron chi connectivity index (χ0n) is 10.1. The molecule has 1 aromatic carbocycles. The Bertz CT molecular complexity index is 396. The summed E-state index contributed by atoms with van der Waals surface area (Å²) < 4.78 is 36.5. The molecule has 1 atom stereocenters. The molecule has 100 valence electrons. The van der Waals surface area contributed by atoms with E-state index in [9.17, 15) is 18.3 Å². The summed E-state index contributed by atoms with van der Waals surface area (Å²) in [6, 6.07) is 7.33. The summed E-state index contributed by atoms with van der Waals surface area (Å²) in [5, 5.41) is 9.93. The predicted molar refractivity (Wildman–Crippen MR) is 63.3 cm³/mol. The third-order valence-electron chi connectivity index (χ3n) is 3.60. The van der Waals surface area contributed by atoms with Crippen molar-refractivity contribution in [2.75, 3.05) is 0 Å². The highest BCUT2D eigenvalue weighted by Gasteiger charge is 2.30. The van der Waals surface area contributed by atoms with Crippen LogP contribution >= 0.6 is 0 Å². The SMILES string of the molecule is OC(CCC(F)(F)F)c1ccccc1C1CCC1. The Hall–Kier alpha value is -1.03. The van der Waals surface area contributed by atoms with Crippen LogP contribution in [0.5, 0.6) is 0 Å². The minimum absolute atomic E-state index is 0.257. The summed E-state index contributed by atoms with van der Waals surface area (Å²) >= 11 is 0. The lowest BCUT2D eigenvalue weighted by atomic mass is 9.77. The van der Waals surface area contributed by atoms with Crippen molar-refractivity contribution in [2.45, 2.75) is 50.3 Å². The van der Waals surface area contributed by atoms with Gasteiger partial charge < -0.3 is 5.11 Å². The van der Waals surface area contributed by atoms with Crippen LogP contribution in [0, 0.1) is 0 Å². The second-order valence-electron chi connectivity index (χ2n) is 4.93. The first-order valence-corrected chi connectivity index (χ1v) is 6.31. The topological polar surface area (TPSA) is 20.2 Å². The number of hydrogen-bond donors (Lipinski definition) is 1. The summed E-state index contributed by atoms with van der Waals surface area (Å²) in [6.45, 7) is 0. The molecule has 0 aliphatic heterocycles. The van der Waals surface area contributed by atoms with E-state index in [0.29, 0.717) is 11.5 Å². The molecule has 2 rings (SSSR count). The second kappa shape index (κ2) is 5.31. The molecule has 1 N–H and O–H groups in total. The molecule has 1 nitrogen and oxygen atoms in total. The first kappa shape index (κ1) is 13.4. The van der Waals surface area contributed by atoms with Crippen molar-refractivity contribution in [2.24, 2.45) is 0 Å². The maximum Gasteiger partial charge on any atom is 0.389 e. The lowest BCUT2D eigenvalue weighted by Crippen LogP contribution is -2.15. The summed E-state index contributed by atoms with van der Waals surface area (Å²) in [6.07, 6.45) is -3.10. The monoisotopic (exact) mass is 258 g/mol. The number of hydrogen-bond acceptors (Lipinski definition) is 1. The number of aliphatic hydroxyl groups excluding tert-OH is 1. The van der Waals surface area contributed by atoms with Gasteiger partial charge in [0, 0.05) is 6.42 Å². The average molecular weight is 258 g/mol. The van der Waals surface area contributed by atoms with E-state index >= 15 is 0 Å². The molecular formula is C14H17F3O. The van der Waals surface area contributed by atoms with E-state index < -0.39 is 18.7 Å². The predicted octanol–water partition coefficient (Wildman–Crippen LogP) is 4.33. The van der Waals surface area contributed by atoms with Crippen molar-refractivity contribution in [1.82, 2.24) is 0 Å². The first-order chi connectivity index (χ1) is 8.47. The molecule has 1 aliphatic rings. The van der Waals surface area contributed by atoms with Gasteiger partial charge in [-0.25, -0.2) is 0 Å². The third kappa shape index (κ3) is 3.25. The van der Waals surface area contributed by atoms with Gasteiger partial charge in [-0.3, -0.25) is 0 Å². The van der Waals surface area contributed by atoms with Gasteiger partial charge in [-0.2, -0.15) is 13.2 Å². The summed E-state index contributed by atoms with van der Waals surface area (Å²) in [5.41, 5.74) is 1.70. The van der Waals surface area contributed by atoms with Gasteiger partial charge in [0.15, 0.2) is 0 Å². The normalized spacial score (nSPS) is 18.4. The molecule has 0 aromatic heterocycles. The Morgan fingerprint density at radius 3 is 2.44 bits per heavy atom. The second-order valence-corrected chi connectivity index (χ2v) is 4.93. The molecule has 1 saturated carbocycles. The molecule has 0 saturated heterocycles. The highest BCUT2D eigenvalue weighted by molar-refractivity contribution is 5.33. The molecule has 1 fully saturated rings. The molecule has 1 aliphatic carbocycles. The Kier molecular flexibility index (Phi) is 3.95. The number of rotatable bonds is 4. The van der Waals surface area contributed by atoms with Gasteiger partial charge in [0.05, 0.1) is 6.10 Å². The highest BCUT2D eigenvalue weighted by atomic mass is 19.4. The Labute approximate surface area is 105 Å². The van der Waals surface area contributed by atoms with Gasteiger partial charge in [-0.15, -0.1) is 0 Å². The van der Waals surface area contributed by atoms with Crippen LogP contribution in [0.25, 0.3) is 0 Å².